The fourth-order valence-corrected chi connectivity index (χ4v) is 3.96. The van der Waals surface area contributed by atoms with Gasteiger partial charge in [-0.15, -0.1) is 0 Å². The van der Waals surface area contributed by atoms with Crippen molar-refractivity contribution < 1.29 is 33.9 Å². The van der Waals surface area contributed by atoms with Crippen molar-refractivity contribution in [1.82, 2.24) is 10.6 Å². The van der Waals surface area contributed by atoms with Crippen LogP contribution in [0, 0.1) is 0 Å². The molecule has 11 heteroatoms. The van der Waals surface area contributed by atoms with Crippen LogP contribution in [0.2, 0.25) is 0 Å². The predicted octanol–water partition coefficient (Wildman–Crippen LogP) is 0.0554. The van der Waals surface area contributed by atoms with E-state index in [9.17, 15) is 28.8 Å². The second kappa shape index (κ2) is 11.4. The molecule has 0 heterocycles. The van der Waals surface area contributed by atoms with Crippen molar-refractivity contribution >= 4 is 57.3 Å². The first-order valence-electron chi connectivity index (χ1n) is 8.12. The number of allylic oxidation sites excluding steroid dienone is 3. The molecular formula is C17H20N2O7S2. The van der Waals surface area contributed by atoms with Gasteiger partial charge in [-0.1, -0.05) is 35.7 Å². The highest BCUT2D eigenvalue weighted by atomic mass is 32.2. The molecule has 9 nitrogen and oxygen atoms in total. The van der Waals surface area contributed by atoms with Crippen LogP contribution in [0.15, 0.2) is 23.8 Å². The Morgan fingerprint density at radius 1 is 1.04 bits per heavy atom. The van der Waals surface area contributed by atoms with Gasteiger partial charge in [0, 0.05) is 31.8 Å². The molecule has 2 amide bonds. The predicted molar refractivity (Wildman–Crippen MR) is 105 cm³/mol. The number of carbonyl (C=O) groups excluding carboxylic acids is 5. The molecule has 2 atom stereocenters. The zero-order valence-electron chi connectivity index (χ0n) is 15.2. The largest absolute Gasteiger partial charge is 0.480 e. The second-order valence-electron chi connectivity index (χ2n) is 5.71. The number of amides is 2. The van der Waals surface area contributed by atoms with Gasteiger partial charge in [-0.05, 0) is 6.08 Å². The maximum Gasteiger partial charge on any atom is 0.327 e. The van der Waals surface area contributed by atoms with Crippen molar-refractivity contribution in [3.8, 4) is 0 Å². The third-order valence-corrected chi connectivity index (χ3v) is 5.38. The number of nitrogens with one attached hydrogen (secondary N) is 2. The summed E-state index contributed by atoms with van der Waals surface area (Å²) in [6.45, 7) is 2.36. The Kier molecular flexibility index (Phi) is 9.66. The van der Waals surface area contributed by atoms with Crippen LogP contribution in [-0.2, 0) is 28.8 Å². The summed E-state index contributed by atoms with van der Waals surface area (Å²) in [5.41, 5.74) is 0.0192. The van der Waals surface area contributed by atoms with E-state index >= 15 is 0 Å². The first-order chi connectivity index (χ1) is 13.1. The highest BCUT2D eigenvalue weighted by molar-refractivity contribution is 8.15. The molecule has 28 heavy (non-hydrogen) atoms. The molecule has 0 aromatic heterocycles. The topological polar surface area (TPSA) is 147 Å². The Morgan fingerprint density at radius 3 is 2.14 bits per heavy atom. The van der Waals surface area contributed by atoms with Crippen LogP contribution in [0.3, 0.4) is 0 Å². The van der Waals surface area contributed by atoms with Gasteiger partial charge in [0.05, 0.1) is 5.57 Å². The standard InChI is InChI=1S/C17H20N2O7S2/c1-9(20)18-12(15(23)24)7-28-17(26)13(19-10(2)21)8-27-16(25)11-5-3-4-6-14(11)22/h3-5,12-13H,6-8H2,1-2H3,(H,18,20)(H,19,21)(H,23,24)/t12-,13-/m0/s1. The molecule has 1 aliphatic rings. The third kappa shape index (κ3) is 8.09. The summed E-state index contributed by atoms with van der Waals surface area (Å²) in [7, 11) is 0. The number of ketones is 1. The molecule has 3 N–H and O–H groups in total. The third-order valence-electron chi connectivity index (χ3n) is 3.33. The van der Waals surface area contributed by atoms with E-state index in [0.29, 0.717) is 11.8 Å². The lowest BCUT2D eigenvalue weighted by Crippen LogP contribution is -2.44. The van der Waals surface area contributed by atoms with Crippen LogP contribution in [0.25, 0.3) is 0 Å². The summed E-state index contributed by atoms with van der Waals surface area (Å²) in [5, 5.41) is 12.6. The normalized spacial score (nSPS) is 15.2. The van der Waals surface area contributed by atoms with Crippen LogP contribution in [0.4, 0.5) is 0 Å². The van der Waals surface area contributed by atoms with Crippen molar-refractivity contribution in [1.29, 1.82) is 0 Å². The number of hydrogen-bond donors (Lipinski definition) is 3. The Hall–Kier alpha value is -2.40. The fraction of sp³-hybridized carbons (Fsp3) is 0.412. The molecular weight excluding hydrogens is 408 g/mol. The van der Waals surface area contributed by atoms with E-state index in [-0.39, 0.29) is 29.3 Å². The molecule has 0 radical (unpaired) electrons. The van der Waals surface area contributed by atoms with Gasteiger partial charge in [0.1, 0.15) is 12.1 Å². The minimum Gasteiger partial charge on any atom is -0.480 e. The molecule has 0 spiro atoms. The Labute approximate surface area is 169 Å². The summed E-state index contributed by atoms with van der Waals surface area (Å²) in [6.07, 6.45) is 4.74. The van der Waals surface area contributed by atoms with Crippen LogP contribution in [-0.4, -0.2) is 62.5 Å². The lowest BCUT2D eigenvalue weighted by molar-refractivity contribution is -0.140. The van der Waals surface area contributed by atoms with E-state index in [4.69, 9.17) is 5.11 Å². The van der Waals surface area contributed by atoms with Crippen LogP contribution in [0.1, 0.15) is 20.3 Å². The summed E-state index contributed by atoms with van der Waals surface area (Å²) in [5.74, 6) is -3.03. The number of aliphatic carboxylic acids is 1. The van der Waals surface area contributed by atoms with E-state index < -0.39 is 40.1 Å². The maximum absolute atomic E-state index is 12.4. The number of hydrogen-bond acceptors (Lipinski definition) is 8. The zero-order valence-corrected chi connectivity index (χ0v) is 16.9. The monoisotopic (exact) mass is 428 g/mol. The van der Waals surface area contributed by atoms with E-state index in [1.165, 1.54) is 13.0 Å². The van der Waals surface area contributed by atoms with Crippen molar-refractivity contribution in [3.05, 3.63) is 23.8 Å². The molecule has 152 valence electrons. The van der Waals surface area contributed by atoms with Gasteiger partial charge in [0.15, 0.2) is 5.78 Å². The minimum atomic E-state index is -1.30. The van der Waals surface area contributed by atoms with Crippen LogP contribution < -0.4 is 10.6 Å². The van der Waals surface area contributed by atoms with E-state index in [1.54, 1.807) is 12.2 Å². The average Bonchev–Trinajstić information content (AvgIpc) is 2.61. The number of thioether (sulfide) groups is 2. The molecule has 0 fully saturated rings. The highest BCUT2D eigenvalue weighted by Gasteiger charge is 2.27. The van der Waals surface area contributed by atoms with Crippen molar-refractivity contribution in [2.24, 2.45) is 0 Å². The minimum absolute atomic E-state index is 0.0192. The van der Waals surface area contributed by atoms with E-state index in [1.807, 2.05) is 0 Å². The van der Waals surface area contributed by atoms with Gasteiger partial charge in [-0.3, -0.25) is 24.0 Å². The second-order valence-corrected chi connectivity index (χ2v) is 7.73. The Morgan fingerprint density at radius 2 is 1.61 bits per heavy atom. The highest BCUT2D eigenvalue weighted by Crippen LogP contribution is 2.19. The number of carboxylic acid groups (broad SMARTS) is 1. The molecule has 0 aromatic rings. The van der Waals surface area contributed by atoms with E-state index in [2.05, 4.69) is 10.6 Å². The summed E-state index contributed by atoms with van der Waals surface area (Å²) < 4.78 is 0. The Balaban J connectivity index is 2.70. The van der Waals surface area contributed by atoms with Crippen molar-refractivity contribution in [2.45, 2.75) is 32.4 Å². The zero-order chi connectivity index (χ0) is 21.3. The molecule has 1 aliphatic carbocycles. The van der Waals surface area contributed by atoms with Crippen LogP contribution >= 0.6 is 23.5 Å². The van der Waals surface area contributed by atoms with Gasteiger partial charge in [-0.25, -0.2) is 4.79 Å². The number of carbonyl (C=O) groups is 6. The average molecular weight is 428 g/mol. The van der Waals surface area contributed by atoms with Gasteiger partial charge < -0.3 is 15.7 Å². The molecule has 1 rings (SSSR count). The fourth-order valence-electron chi connectivity index (χ4n) is 2.06. The molecule has 0 saturated carbocycles. The molecule has 0 bridgehead atoms. The van der Waals surface area contributed by atoms with Gasteiger partial charge in [0.2, 0.25) is 22.0 Å². The van der Waals surface area contributed by atoms with Gasteiger partial charge >= 0.3 is 5.97 Å². The first-order valence-corrected chi connectivity index (χ1v) is 10.1. The quantitative estimate of drug-likeness (QED) is 0.434. The number of Topliss-reactive ketones (excluding diaryl/α,β-unsaturated/α-hetero) is 1. The molecule has 0 unspecified atom stereocenters. The summed E-state index contributed by atoms with van der Waals surface area (Å²) >= 11 is 1.35. The molecule has 0 aliphatic heterocycles. The van der Waals surface area contributed by atoms with Crippen molar-refractivity contribution in [3.63, 3.8) is 0 Å². The van der Waals surface area contributed by atoms with Crippen LogP contribution in [0.5, 0.6) is 0 Å². The lowest BCUT2D eigenvalue weighted by atomic mass is 10.1. The first kappa shape index (κ1) is 23.6. The molecule has 0 saturated heterocycles. The summed E-state index contributed by atoms with van der Waals surface area (Å²) in [4.78, 5) is 69.8. The van der Waals surface area contributed by atoms with Crippen molar-refractivity contribution in [2.75, 3.05) is 11.5 Å². The Bertz CT molecular complexity index is 746. The van der Waals surface area contributed by atoms with E-state index in [0.717, 1.165) is 18.7 Å². The lowest BCUT2D eigenvalue weighted by Gasteiger charge is -2.18. The number of carboxylic acids is 1. The molecule has 0 aromatic carbocycles. The van der Waals surface area contributed by atoms with Gasteiger partial charge in [-0.2, -0.15) is 0 Å². The summed E-state index contributed by atoms with van der Waals surface area (Å²) in [6, 6.07) is -2.33. The SMILES string of the molecule is CC(=O)N[C@@H](CSC(=O)[C@H](CSC(=O)C1=CC=CCC1=O)NC(C)=O)C(=O)O. The maximum atomic E-state index is 12.4. The smallest absolute Gasteiger partial charge is 0.327 e. The number of rotatable bonds is 9. The van der Waals surface area contributed by atoms with Gasteiger partial charge in [0.25, 0.3) is 0 Å².